The number of hydrogen-bond donors (Lipinski definition) is 1. The molecule has 1 aliphatic carbocycles. The summed E-state index contributed by atoms with van der Waals surface area (Å²) in [5, 5.41) is -0.231. The average molecular weight is 344 g/mol. The molecule has 0 saturated carbocycles. The first-order valence-electron chi connectivity index (χ1n) is 7.15. The second-order valence-electron chi connectivity index (χ2n) is 5.58. The fraction of sp³-hybridized carbons (Fsp3) is 0.467. The Kier molecular flexibility index (Phi) is 4.20. The van der Waals surface area contributed by atoms with Gasteiger partial charge in [-0.25, -0.2) is 8.42 Å². The van der Waals surface area contributed by atoms with E-state index in [9.17, 15) is 8.42 Å². The number of sulfonamides is 1. The third kappa shape index (κ3) is 3.15. The van der Waals surface area contributed by atoms with E-state index in [2.05, 4.69) is 4.72 Å². The predicted octanol–water partition coefficient (Wildman–Crippen LogP) is 2.85. The lowest BCUT2D eigenvalue weighted by molar-refractivity contribution is -0.124. The van der Waals surface area contributed by atoms with Gasteiger partial charge in [-0.2, -0.15) is 0 Å². The first-order valence-corrected chi connectivity index (χ1v) is 9.08. The highest BCUT2D eigenvalue weighted by Crippen LogP contribution is 2.34. The highest BCUT2D eigenvalue weighted by atomic mass is 35.5. The minimum absolute atomic E-state index is 0.391. The molecule has 1 saturated heterocycles. The third-order valence-corrected chi connectivity index (χ3v) is 5.90. The Labute approximate surface area is 135 Å². The van der Waals surface area contributed by atoms with Crippen molar-refractivity contribution in [1.29, 1.82) is 0 Å². The number of hydrogen-bond acceptors (Lipinski definition) is 4. The summed E-state index contributed by atoms with van der Waals surface area (Å²) in [6.07, 6.45) is 4.31. The molecule has 2 aliphatic rings. The van der Waals surface area contributed by atoms with Crippen LogP contribution in [0.4, 0.5) is 5.69 Å². The molecule has 7 heteroatoms. The van der Waals surface area contributed by atoms with Crippen molar-refractivity contribution in [2.45, 2.75) is 30.8 Å². The lowest BCUT2D eigenvalue weighted by Gasteiger charge is -2.30. The minimum atomic E-state index is -3.55. The van der Waals surface area contributed by atoms with Crippen LogP contribution in [0.2, 0.25) is 5.02 Å². The monoisotopic (exact) mass is 343 g/mol. The van der Waals surface area contributed by atoms with E-state index in [1.807, 2.05) is 13.0 Å². The zero-order valence-electron chi connectivity index (χ0n) is 12.2. The maximum Gasteiger partial charge on any atom is 0.239 e. The van der Waals surface area contributed by atoms with Gasteiger partial charge in [0, 0.05) is 6.42 Å². The molecule has 1 fully saturated rings. The molecule has 1 aromatic carbocycles. The number of nitrogens with one attached hydrogen (secondary N) is 1. The maximum absolute atomic E-state index is 12.5. The maximum atomic E-state index is 12.5. The number of anilines is 1. The van der Waals surface area contributed by atoms with Gasteiger partial charge in [-0.15, -0.1) is 0 Å². The lowest BCUT2D eigenvalue weighted by Crippen LogP contribution is -2.36. The van der Waals surface area contributed by atoms with Gasteiger partial charge in [-0.3, -0.25) is 4.72 Å². The predicted molar refractivity (Wildman–Crippen MR) is 85.5 cm³/mol. The molecule has 120 valence electrons. The molecule has 5 nitrogen and oxygen atoms in total. The van der Waals surface area contributed by atoms with Gasteiger partial charge in [-0.1, -0.05) is 23.7 Å². The van der Waals surface area contributed by atoms with E-state index in [1.165, 1.54) is 0 Å². The van der Waals surface area contributed by atoms with Crippen LogP contribution in [0.15, 0.2) is 30.4 Å². The third-order valence-electron chi connectivity index (χ3n) is 3.89. The first-order chi connectivity index (χ1) is 10.4. The highest BCUT2D eigenvalue weighted by molar-refractivity contribution is 7.93. The fourth-order valence-electron chi connectivity index (χ4n) is 2.68. The zero-order valence-corrected chi connectivity index (χ0v) is 13.8. The molecule has 0 amide bonds. The Hall–Kier alpha value is -1.08. The van der Waals surface area contributed by atoms with Crippen molar-refractivity contribution < 1.29 is 17.9 Å². The molecule has 1 spiro atoms. The molecule has 1 N–H and O–H groups in total. The summed E-state index contributed by atoms with van der Waals surface area (Å²) in [7, 11) is -3.55. The van der Waals surface area contributed by atoms with Gasteiger partial charge in [0.1, 0.15) is 0 Å². The Bertz CT molecular complexity index is 695. The number of ether oxygens (including phenoxy) is 2. The van der Waals surface area contributed by atoms with E-state index in [4.69, 9.17) is 21.1 Å². The number of aryl methyl sites for hydroxylation is 1. The van der Waals surface area contributed by atoms with Crippen LogP contribution in [0, 0.1) is 6.92 Å². The Balaban J connectivity index is 1.76. The zero-order chi connectivity index (χ0) is 15.8. The van der Waals surface area contributed by atoms with Gasteiger partial charge in [0.2, 0.25) is 10.0 Å². The summed E-state index contributed by atoms with van der Waals surface area (Å²) in [4.78, 5) is 0. The van der Waals surface area contributed by atoms with Crippen LogP contribution in [0.1, 0.15) is 18.4 Å². The summed E-state index contributed by atoms with van der Waals surface area (Å²) in [6.45, 7) is 2.98. The molecule has 1 aromatic rings. The van der Waals surface area contributed by atoms with E-state index >= 15 is 0 Å². The summed E-state index contributed by atoms with van der Waals surface area (Å²) >= 11 is 6.09. The van der Waals surface area contributed by atoms with Crippen molar-refractivity contribution >= 4 is 27.3 Å². The van der Waals surface area contributed by atoms with Crippen molar-refractivity contribution in [2.24, 2.45) is 0 Å². The summed E-state index contributed by atoms with van der Waals surface area (Å²) < 4.78 is 38.7. The van der Waals surface area contributed by atoms with Crippen molar-refractivity contribution in [2.75, 3.05) is 17.9 Å². The molecule has 1 aliphatic heterocycles. The van der Waals surface area contributed by atoms with E-state index in [-0.39, 0.29) is 0 Å². The van der Waals surface area contributed by atoms with Crippen molar-refractivity contribution in [3.05, 3.63) is 40.9 Å². The van der Waals surface area contributed by atoms with Gasteiger partial charge < -0.3 is 9.47 Å². The van der Waals surface area contributed by atoms with Crippen LogP contribution in [0.5, 0.6) is 0 Å². The van der Waals surface area contributed by atoms with Gasteiger partial charge in [0.25, 0.3) is 0 Å². The van der Waals surface area contributed by atoms with Crippen molar-refractivity contribution in [1.82, 2.24) is 0 Å². The quantitative estimate of drug-likeness (QED) is 0.857. The average Bonchev–Trinajstić information content (AvgIpc) is 2.91. The Morgan fingerprint density at radius 2 is 2.05 bits per heavy atom. The number of rotatable bonds is 3. The molecule has 0 bridgehead atoms. The van der Waals surface area contributed by atoms with Crippen LogP contribution in [-0.2, 0) is 19.5 Å². The number of halogens is 1. The summed E-state index contributed by atoms with van der Waals surface area (Å²) in [5.41, 5.74) is 1.37. The first kappa shape index (κ1) is 15.8. The smallest absolute Gasteiger partial charge is 0.239 e. The van der Waals surface area contributed by atoms with Crippen molar-refractivity contribution in [3.63, 3.8) is 0 Å². The second-order valence-corrected chi connectivity index (χ2v) is 7.88. The summed E-state index contributed by atoms with van der Waals surface area (Å²) in [5.74, 6) is -0.729. The molecule has 0 radical (unpaired) electrons. The molecule has 3 rings (SSSR count). The van der Waals surface area contributed by atoms with E-state index in [0.717, 1.165) is 5.56 Å². The Morgan fingerprint density at radius 1 is 1.32 bits per heavy atom. The van der Waals surface area contributed by atoms with Crippen LogP contribution >= 0.6 is 11.6 Å². The molecule has 1 unspecified atom stereocenters. The van der Waals surface area contributed by atoms with Gasteiger partial charge in [-0.05, 0) is 37.1 Å². The standard InChI is InChI=1S/C15H18ClNO4S/c1-11-2-3-14(13(16)10-11)17-22(18,19)12-4-6-15(7-5-12)20-8-9-21-15/h2-4,6,10,12,17H,5,7-9H2,1H3. The topological polar surface area (TPSA) is 64.6 Å². The van der Waals surface area contributed by atoms with E-state index in [0.29, 0.717) is 36.8 Å². The molecule has 1 atom stereocenters. The molecule has 1 heterocycles. The molecule has 22 heavy (non-hydrogen) atoms. The highest BCUT2D eigenvalue weighted by Gasteiger charge is 2.39. The van der Waals surface area contributed by atoms with Crippen LogP contribution in [0.25, 0.3) is 0 Å². The number of benzene rings is 1. The molecular formula is C15H18ClNO4S. The minimum Gasteiger partial charge on any atom is -0.344 e. The van der Waals surface area contributed by atoms with Crippen LogP contribution < -0.4 is 4.72 Å². The normalized spacial score (nSPS) is 23.8. The van der Waals surface area contributed by atoms with Gasteiger partial charge in [0.15, 0.2) is 5.79 Å². The van der Waals surface area contributed by atoms with E-state index < -0.39 is 21.1 Å². The summed E-state index contributed by atoms with van der Waals surface area (Å²) in [6, 6.07) is 5.22. The fourth-order valence-corrected chi connectivity index (χ4v) is 4.37. The Morgan fingerprint density at radius 3 is 2.64 bits per heavy atom. The SMILES string of the molecule is Cc1ccc(NS(=O)(=O)C2C=CC3(CC2)OCCO3)c(Cl)c1. The van der Waals surface area contributed by atoms with Crippen LogP contribution in [-0.4, -0.2) is 32.7 Å². The molecular weight excluding hydrogens is 326 g/mol. The van der Waals surface area contributed by atoms with Gasteiger partial charge >= 0.3 is 0 Å². The van der Waals surface area contributed by atoms with Crippen molar-refractivity contribution in [3.8, 4) is 0 Å². The van der Waals surface area contributed by atoms with E-state index in [1.54, 1.807) is 24.3 Å². The van der Waals surface area contributed by atoms with Gasteiger partial charge in [0.05, 0.1) is 29.2 Å². The van der Waals surface area contributed by atoms with Crippen LogP contribution in [0.3, 0.4) is 0 Å². The lowest BCUT2D eigenvalue weighted by atomic mass is 10.0. The molecule has 0 aromatic heterocycles. The second kappa shape index (κ2) is 5.85. The largest absolute Gasteiger partial charge is 0.344 e.